The molecule has 1 heterocycles. The third kappa shape index (κ3) is 6.46. The number of hydrogen-bond acceptors (Lipinski definition) is 5. The maximum atomic E-state index is 11.8. The number of carbonyl (C=O) groups excluding carboxylic acids is 3. The molecular weight excluding hydrogens is 276 g/mol. The average molecular weight is 299 g/mol. The minimum absolute atomic E-state index is 0.0262. The Morgan fingerprint density at radius 2 is 1.90 bits per heavy atom. The zero-order chi connectivity index (χ0) is 15.8. The van der Waals surface area contributed by atoms with Crippen molar-refractivity contribution in [1.82, 2.24) is 10.2 Å². The number of likely N-dealkylation sites (tertiary alicyclic amines) is 1. The van der Waals surface area contributed by atoms with Gasteiger partial charge in [0.25, 0.3) is 0 Å². The Morgan fingerprint density at radius 1 is 1.29 bits per heavy atom. The molecule has 1 saturated heterocycles. The van der Waals surface area contributed by atoms with Crippen molar-refractivity contribution in [2.24, 2.45) is 5.92 Å². The molecule has 0 aromatic rings. The fourth-order valence-electron chi connectivity index (χ4n) is 2.38. The Balaban J connectivity index is 2.27. The highest BCUT2D eigenvalue weighted by Crippen LogP contribution is 2.13. The van der Waals surface area contributed by atoms with E-state index in [1.54, 1.807) is 18.7 Å². The van der Waals surface area contributed by atoms with Crippen molar-refractivity contribution in [3.63, 3.8) is 0 Å². The van der Waals surface area contributed by atoms with Crippen LogP contribution < -0.4 is 10.4 Å². The first-order valence-corrected chi connectivity index (χ1v) is 7.33. The van der Waals surface area contributed by atoms with Crippen LogP contribution in [0.25, 0.3) is 0 Å². The van der Waals surface area contributed by atoms with Gasteiger partial charge in [0.1, 0.15) is 0 Å². The van der Waals surface area contributed by atoms with E-state index in [0.717, 1.165) is 0 Å². The van der Waals surface area contributed by atoms with Crippen molar-refractivity contribution in [3.05, 3.63) is 0 Å². The number of carbonyl (C=O) groups is 3. The van der Waals surface area contributed by atoms with Crippen LogP contribution in [0.2, 0.25) is 0 Å². The number of ether oxygens (including phenoxy) is 1. The highest BCUT2D eigenvalue weighted by molar-refractivity contribution is 5.77. The zero-order valence-corrected chi connectivity index (χ0v) is 12.6. The van der Waals surface area contributed by atoms with Crippen molar-refractivity contribution in [3.8, 4) is 0 Å². The molecule has 1 aliphatic rings. The number of carboxylic acid groups (broad SMARTS) is 1. The Kier molecular flexibility index (Phi) is 6.98. The van der Waals surface area contributed by atoms with Gasteiger partial charge in [0.15, 0.2) is 0 Å². The SMILES string of the molecule is CCOC(=O)N1CCC(NC(=O)C[C@H](C)CC(=O)[O-])CC1. The van der Waals surface area contributed by atoms with E-state index in [-0.39, 0.29) is 36.8 Å². The van der Waals surface area contributed by atoms with Crippen LogP contribution in [0.15, 0.2) is 0 Å². The summed E-state index contributed by atoms with van der Waals surface area (Å²) in [6, 6.07) is 0.0262. The predicted octanol–water partition coefficient (Wildman–Crippen LogP) is -0.110. The molecular formula is C14H23N2O5-. The number of nitrogens with zero attached hydrogens (tertiary/aromatic N) is 1. The van der Waals surface area contributed by atoms with Crippen LogP contribution in [0.5, 0.6) is 0 Å². The minimum Gasteiger partial charge on any atom is -0.550 e. The molecule has 0 aromatic heterocycles. The summed E-state index contributed by atoms with van der Waals surface area (Å²) in [5.74, 6) is -1.54. The number of amides is 2. The fraction of sp³-hybridized carbons (Fsp3) is 0.786. The first-order valence-electron chi connectivity index (χ1n) is 7.33. The second-order valence-corrected chi connectivity index (χ2v) is 5.41. The molecule has 0 spiro atoms. The lowest BCUT2D eigenvalue weighted by atomic mass is 10.0. The number of aliphatic carboxylic acids is 1. The number of carboxylic acids is 1. The van der Waals surface area contributed by atoms with Crippen LogP contribution in [0.3, 0.4) is 0 Å². The lowest BCUT2D eigenvalue weighted by Crippen LogP contribution is -2.47. The summed E-state index contributed by atoms with van der Waals surface area (Å²) in [6.07, 6.45) is 1.10. The molecule has 7 nitrogen and oxygen atoms in total. The quantitative estimate of drug-likeness (QED) is 0.738. The second kappa shape index (κ2) is 8.49. The van der Waals surface area contributed by atoms with Crippen LogP contribution in [0.1, 0.15) is 39.5 Å². The molecule has 0 aliphatic carbocycles. The van der Waals surface area contributed by atoms with E-state index < -0.39 is 5.97 Å². The van der Waals surface area contributed by atoms with E-state index in [1.165, 1.54) is 0 Å². The Morgan fingerprint density at radius 3 is 2.43 bits per heavy atom. The molecule has 7 heteroatoms. The van der Waals surface area contributed by atoms with Crippen LogP contribution in [-0.2, 0) is 14.3 Å². The van der Waals surface area contributed by atoms with Gasteiger partial charge in [-0.05, 0) is 32.1 Å². The molecule has 0 unspecified atom stereocenters. The van der Waals surface area contributed by atoms with Gasteiger partial charge in [-0.3, -0.25) is 4.79 Å². The smallest absolute Gasteiger partial charge is 0.409 e. The monoisotopic (exact) mass is 299 g/mol. The largest absolute Gasteiger partial charge is 0.550 e. The van der Waals surface area contributed by atoms with Crippen LogP contribution in [0, 0.1) is 5.92 Å². The van der Waals surface area contributed by atoms with Crippen molar-refractivity contribution < 1.29 is 24.2 Å². The van der Waals surface area contributed by atoms with Crippen molar-refractivity contribution >= 4 is 18.0 Å². The summed E-state index contributed by atoms with van der Waals surface area (Å²) >= 11 is 0. The average Bonchev–Trinajstić information content (AvgIpc) is 2.38. The number of nitrogens with one attached hydrogen (secondary N) is 1. The molecule has 0 aromatic carbocycles. The number of rotatable bonds is 6. The molecule has 1 fully saturated rings. The second-order valence-electron chi connectivity index (χ2n) is 5.41. The van der Waals surface area contributed by atoms with E-state index in [2.05, 4.69) is 5.32 Å². The van der Waals surface area contributed by atoms with E-state index >= 15 is 0 Å². The van der Waals surface area contributed by atoms with Gasteiger partial charge in [0.05, 0.1) is 6.61 Å². The number of piperidine rings is 1. The summed E-state index contributed by atoms with van der Waals surface area (Å²) in [5.41, 5.74) is 0. The van der Waals surface area contributed by atoms with Gasteiger partial charge in [-0.15, -0.1) is 0 Å². The summed E-state index contributed by atoms with van der Waals surface area (Å²) < 4.78 is 4.93. The van der Waals surface area contributed by atoms with E-state index in [4.69, 9.17) is 4.74 Å². The molecule has 1 atom stereocenters. The van der Waals surface area contributed by atoms with E-state index in [9.17, 15) is 19.5 Å². The molecule has 21 heavy (non-hydrogen) atoms. The summed E-state index contributed by atoms with van der Waals surface area (Å²) in [7, 11) is 0. The molecule has 0 radical (unpaired) electrons. The summed E-state index contributed by atoms with van der Waals surface area (Å²) in [6.45, 7) is 4.93. The molecule has 0 bridgehead atoms. The first-order chi connectivity index (χ1) is 9.92. The molecule has 120 valence electrons. The lowest BCUT2D eigenvalue weighted by molar-refractivity contribution is -0.306. The fourth-order valence-corrected chi connectivity index (χ4v) is 2.38. The standard InChI is InChI=1S/C14H24N2O5/c1-3-21-14(20)16-6-4-11(5-7-16)15-12(17)8-10(2)9-13(18)19/h10-11H,3-9H2,1-2H3,(H,15,17)(H,18,19)/p-1/t10-/m0/s1. The molecule has 2 amide bonds. The highest BCUT2D eigenvalue weighted by Gasteiger charge is 2.24. The third-order valence-electron chi connectivity index (χ3n) is 3.44. The van der Waals surface area contributed by atoms with Gasteiger partial charge in [-0.25, -0.2) is 4.79 Å². The number of hydrogen-bond donors (Lipinski definition) is 1. The lowest BCUT2D eigenvalue weighted by Gasteiger charge is -2.31. The maximum Gasteiger partial charge on any atom is 0.409 e. The molecule has 1 aliphatic heterocycles. The predicted molar refractivity (Wildman–Crippen MR) is 73.2 cm³/mol. The van der Waals surface area contributed by atoms with Gasteiger partial charge < -0.3 is 24.9 Å². The van der Waals surface area contributed by atoms with Crippen molar-refractivity contribution in [1.29, 1.82) is 0 Å². The van der Waals surface area contributed by atoms with Crippen molar-refractivity contribution in [2.75, 3.05) is 19.7 Å². The first kappa shape index (κ1) is 17.3. The van der Waals surface area contributed by atoms with Gasteiger partial charge >= 0.3 is 6.09 Å². The Hall–Kier alpha value is -1.79. The minimum atomic E-state index is -1.14. The van der Waals surface area contributed by atoms with Crippen LogP contribution in [-0.4, -0.2) is 48.6 Å². The zero-order valence-electron chi connectivity index (χ0n) is 12.6. The third-order valence-corrected chi connectivity index (χ3v) is 3.44. The van der Waals surface area contributed by atoms with E-state index in [1.807, 2.05) is 0 Å². The van der Waals surface area contributed by atoms with Gasteiger partial charge in [-0.2, -0.15) is 0 Å². The van der Waals surface area contributed by atoms with Gasteiger partial charge in [0.2, 0.25) is 5.91 Å². The molecule has 1 N–H and O–H groups in total. The van der Waals surface area contributed by atoms with Crippen LogP contribution in [0.4, 0.5) is 4.79 Å². The highest BCUT2D eigenvalue weighted by atomic mass is 16.6. The van der Waals surface area contributed by atoms with Crippen LogP contribution >= 0.6 is 0 Å². The normalized spacial score (nSPS) is 17.1. The van der Waals surface area contributed by atoms with Gasteiger partial charge in [-0.1, -0.05) is 6.92 Å². The molecule has 0 saturated carbocycles. The molecule has 1 rings (SSSR count). The maximum absolute atomic E-state index is 11.8. The van der Waals surface area contributed by atoms with E-state index in [0.29, 0.717) is 32.5 Å². The van der Waals surface area contributed by atoms with Crippen molar-refractivity contribution in [2.45, 2.75) is 45.6 Å². The topological polar surface area (TPSA) is 98.8 Å². The summed E-state index contributed by atoms with van der Waals surface area (Å²) in [4.78, 5) is 35.4. The Labute approximate surface area is 124 Å². The van der Waals surface area contributed by atoms with Gasteiger partial charge in [0, 0.05) is 31.5 Å². The Bertz CT molecular complexity index is 378. The summed E-state index contributed by atoms with van der Waals surface area (Å²) in [5, 5.41) is 13.3.